The minimum Gasteiger partial charge on any atom is -0.298 e. The fraction of sp³-hybridized carbons (Fsp3) is 0.174. The first-order chi connectivity index (χ1) is 12.5. The predicted octanol–water partition coefficient (Wildman–Crippen LogP) is 4.93. The SMILES string of the molecule is C/C(=C\C(C)C)C(=C1C(=O)c2ccccc2C1=O)c1ccccc1C=O. The fourth-order valence-corrected chi connectivity index (χ4v) is 3.43. The maximum absolute atomic E-state index is 13.0. The molecule has 2 aromatic carbocycles. The highest BCUT2D eigenvalue weighted by atomic mass is 16.2. The van der Waals surface area contributed by atoms with E-state index in [-0.39, 0.29) is 23.1 Å². The zero-order chi connectivity index (χ0) is 18.8. The van der Waals surface area contributed by atoms with Crippen molar-refractivity contribution in [2.24, 2.45) is 5.92 Å². The quantitative estimate of drug-likeness (QED) is 0.449. The Kier molecular flexibility index (Phi) is 4.81. The lowest BCUT2D eigenvalue weighted by atomic mass is 9.87. The smallest absolute Gasteiger partial charge is 0.198 e. The number of benzene rings is 2. The first kappa shape index (κ1) is 17.7. The van der Waals surface area contributed by atoms with Gasteiger partial charge in [0.2, 0.25) is 0 Å². The van der Waals surface area contributed by atoms with Crippen molar-refractivity contribution >= 4 is 23.4 Å². The molecule has 0 aliphatic heterocycles. The van der Waals surface area contributed by atoms with Gasteiger partial charge in [-0.05, 0) is 24.0 Å². The molecule has 0 unspecified atom stereocenters. The first-order valence-corrected chi connectivity index (χ1v) is 8.61. The molecule has 3 heteroatoms. The monoisotopic (exact) mass is 344 g/mol. The molecule has 0 spiro atoms. The summed E-state index contributed by atoms with van der Waals surface area (Å²) in [5, 5.41) is 0. The van der Waals surface area contributed by atoms with E-state index in [9.17, 15) is 14.4 Å². The summed E-state index contributed by atoms with van der Waals surface area (Å²) < 4.78 is 0. The number of carbonyl (C=O) groups excluding carboxylic acids is 3. The zero-order valence-electron chi connectivity index (χ0n) is 15.1. The van der Waals surface area contributed by atoms with Crippen molar-refractivity contribution in [1.29, 1.82) is 0 Å². The molecular formula is C23H20O3. The molecule has 0 saturated heterocycles. The zero-order valence-corrected chi connectivity index (χ0v) is 15.1. The molecule has 0 saturated carbocycles. The van der Waals surface area contributed by atoms with Gasteiger partial charge in [-0.15, -0.1) is 0 Å². The van der Waals surface area contributed by atoms with Crippen LogP contribution in [0.15, 0.2) is 65.8 Å². The lowest BCUT2D eigenvalue weighted by molar-refractivity contribution is 0.0988. The third kappa shape index (κ3) is 2.97. The average molecular weight is 344 g/mol. The molecule has 0 N–H and O–H groups in total. The number of Topliss-reactive ketones (excluding diaryl/α,β-unsaturated/α-hetero) is 2. The summed E-state index contributed by atoms with van der Waals surface area (Å²) in [6.45, 7) is 5.95. The number of hydrogen-bond donors (Lipinski definition) is 0. The second-order valence-corrected chi connectivity index (χ2v) is 6.75. The minimum atomic E-state index is -0.280. The standard InChI is InChI=1S/C23H20O3/c1-14(2)12-15(3)20(17-9-5-4-8-16(17)13-24)21-22(25)18-10-6-7-11-19(18)23(21)26/h4-14H,1-3H3/b15-12+. The number of fused-ring (bicyclic) bond motifs is 1. The van der Waals surface area contributed by atoms with Gasteiger partial charge in [0.05, 0.1) is 5.57 Å². The van der Waals surface area contributed by atoms with Crippen LogP contribution < -0.4 is 0 Å². The molecule has 0 heterocycles. The molecule has 3 rings (SSSR count). The summed E-state index contributed by atoms with van der Waals surface area (Å²) in [4.78, 5) is 37.6. The predicted molar refractivity (Wildman–Crippen MR) is 102 cm³/mol. The molecule has 1 aliphatic carbocycles. The van der Waals surface area contributed by atoms with Gasteiger partial charge in [0, 0.05) is 22.3 Å². The van der Waals surface area contributed by atoms with Gasteiger partial charge in [-0.2, -0.15) is 0 Å². The summed E-state index contributed by atoms with van der Waals surface area (Å²) in [5.41, 5.74) is 3.43. The number of hydrogen-bond acceptors (Lipinski definition) is 3. The van der Waals surface area contributed by atoms with Crippen LogP contribution in [0.25, 0.3) is 5.57 Å². The lowest BCUT2D eigenvalue weighted by Crippen LogP contribution is -2.08. The van der Waals surface area contributed by atoms with Crippen LogP contribution in [0.3, 0.4) is 0 Å². The Morgan fingerprint density at radius 1 is 0.885 bits per heavy atom. The van der Waals surface area contributed by atoms with Gasteiger partial charge in [0.15, 0.2) is 17.9 Å². The minimum absolute atomic E-state index is 0.148. The summed E-state index contributed by atoms with van der Waals surface area (Å²) in [6.07, 6.45) is 2.77. The van der Waals surface area contributed by atoms with Crippen LogP contribution in [0.5, 0.6) is 0 Å². The van der Waals surface area contributed by atoms with E-state index in [4.69, 9.17) is 0 Å². The summed E-state index contributed by atoms with van der Waals surface area (Å²) >= 11 is 0. The number of aldehydes is 1. The van der Waals surface area contributed by atoms with Crippen LogP contribution in [0.1, 0.15) is 57.4 Å². The first-order valence-electron chi connectivity index (χ1n) is 8.61. The maximum atomic E-state index is 13.0. The Balaban J connectivity index is 2.36. The molecule has 3 nitrogen and oxygen atoms in total. The van der Waals surface area contributed by atoms with Crippen molar-refractivity contribution in [3.63, 3.8) is 0 Å². The van der Waals surface area contributed by atoms with E-state index in [1.807, 2.05) is 32.9 Å². The highest BCUT2D eigenvalue weighted by Gasteiger charge is 2.36. The van der Waals surface area contributed by atoms with E-state index in [2.05, 4.69) is 0 Å². The second kappa shape index (κ2) is 7.04. The van der Waals surface area contributed by atoms with Crippen LogP contribution in [0.4, 0.5) is 0 Å². The van der Waals surface area contributed by atoms with Crippen molar-refractivity contribution in [2.45, 2.75) is 20.8 Å². The normalized spacial score (nSPS) is 14.0. The van der Waals surface area contributed by atoms with E-state index in [1.54, 1.807) is 42.5 Å². The molecule has 0 radical (unpaired) electrons. The van der Waals surface area contributed by atoms with E-state index in [0.29, 0.717) is 27.8 Å². The second-order valence-electron chi connectivity index (χ2n) is 6.75. The molecule has 26 heavy (non-hydrogen) atoms. The van der Waals surface area contributed by atoms with Crippen molar-refractivity contribution in [3.05, 3.63) is 88.0 Å². The molecule has 0 fully saturated rings. The van der Waals surface area contributed by atoms with Crippen molar-refractivity contribution in [3.8, 4) is 0 Å². The van der Waals surface area contributed by atoms with Crippen LogP contribution in [-0.2, 0) is 0 Å². The lowest BCUT2D eigenvalue weighted by Gasteiger charge is -2.15. The van der Waals surface area contributed by atoms with Crippen molar-refractivity contribution < 1.29 is 14.4 Å². The number of allylic oxidation sites excluding steroid dienone is 4. The third-order valence-corrected chi connectivity index (χ3v) is 4.46. The highest BCUT2D eigenvalue weighted by molar-refractivity contribution is 6.43. The third-order valence-electron chi connectivity index (χ3n) is 4.46. The van der Waals surface area contributed by atoms with Gasteiger partial charge in [-0.25, -0.2) is 0 Å². The summed E-state index contributed by atoms with van der Waals surface area (Å²) in [5.74, 6) is -0.321. The molecule has 2 aromatic rings. The highest BCUT2D eigenvalue weighted by Crippen LogP contribution is 2.37. The Hall–Kier alpha value is -3.07. The average Bonchev–Trinajstić information content (AvgIpc) is 2.87. The Bertz CT molecular complexity index is 937. The van der Waals surface area contributed by atoms with Crippen LogP contribution in [-0.4, -0.2) is 17.9 Å². The van der Waals surface area contributed by atoms with Gasteiger partial charge >= 0.3 is 0 Å². The molecule has 130 valence electrons. The van der Waals surface area contributed by atoms with Gasteiger partial charge < -0.3 is 0 Å². The van der Waals surface area contributed by atoms with E-state index < -0.39 is 0 Å². The van der Waals surface area contributed by atoms with Gasteiger partial charge in [0.25, 0.3) is 0 Å². The Morgan fingerprint density at radius 3 is 1.96 bits per heavy atom. The van der Waals surface area contributed by atoms with E-state index in [1.165, 1.54) is 0 Å². The van der Waals surface area contributed by atoms with Gasteiger partial charge in [0.1, 0.15) is 0 Å². The van der Waals surface area contributed by atoms with Gasteiger partial charge in [-0.3, -0.25) is 14.4 Å². The van der Waals surface area contributed by atoms with Gasteiger partial charge in [-0.1, -0.05) is 68.5 Å². The summed E-state index contributed by atoms with van der Waals surface area (Å²) in [6, 6.07) is 13.9. The van der Waals surface area contributed by atoms with Crippen LogP contribution in [0, 0.1) is 5.92 Å². The van der Waals surface area contributed by atoms with Crippen molar-refractivity contribution in [2.75, 3.05) is 0 Å². The molecule has 0 amide bonds. The largest absolute Gasteiger partial charge is 0.298 e. The Labute approximate surface area is 153 Å². The molecule has 0 aromatic heterocycles. The van der Waals surface area contributed by atoms with Crippen molar-refractivity contribution in [1.82, 2.24) is 0 Å². The summed E-state index contributed by atoms with van der Waals surface area (Å²) in [7, 11) is 0. The molecule has 1 aliphatic rings. The number of rotatable bonds is 4. The fourth-order valence-electron chi connectivity index (χ4n) is 3.43. The molecule has 0 bridgehead atoms. The molecule has 0 atom stereocenters. The number of carbonyl (C=O) groups is 3. The van der Waals surface area contributed by atoms with Crippen LogP contribution >= 0.6 is 0 Å². The van der Waals surface area contributed by atoms with Crippen LogP contribution in [0.2, 0.25) is 0 Å². The van der Waals surface area contributed by atoms with E-state index in [0.717, 1.165) is 11.9 Å². The van der Waals surface area contributed by atoms with E-state index >= 15 is 0 Å². The maximum Gasteiger partial charge on any atom is 0.198 e. The number of ketones is 2. The Morgan fingerprint density at radius 2 is 1.42 bits per heavy atom. The molecular weight excluding hydrogens is 324 g/mol. The topological polar surface area (TPSA) is 51.2 Å².